The molecule has 0 saturated heterocycles. The lowest BCUT2D eigenvalue weighted by molar-refractivity contribution is 0.645. The van der Waals surface area contributed by atoms with E-state index >= 15 is 0 Å². The third kappa shape index (κ3) is 1.84. The van der Waals surface area contributed by atoms with E-state index in [2.05, 4.69) is 36.8 Å². The lowest BCUT2D eigenvalue weighted by Crippen LogP contribution is -1.96. The van der Waals surface area contributed by atoms with Gasteiger partial charge in [0.15, 0.2) is 5.82 Å². The van der Waals surface area contributed by atoms with Crippen LogP contribution in [0.3, 0.4) is 0 Å². The third-order valence-corrected chi connectivity index (χ3v) is 2.39. The summed E-state index contributed by atoms with van der Waals surface area (Å²) >= 11 is 0. The van der Waals surface area contributed by atoms with Crippen LogP contribution >= 0.6 is 0 Å². The fraction of sp³-hybridized carbons (Fsp3) is 0.500. The van der Waals surface area contributed by atoms with E-state index in [1.54, 1.807) is 0 Å². The molecule has 0 fully saturated rings. The van der Waals surface area contributed by atoms with Crippen LogP contribution in [-0.2, 0) is 12.8 Å². The number of aliphatic imine (C=N–C) groups is 1. The quantitative estimate of drug-likeness (QED) is 0.700. The van der Waals surface area contributed by atoms with E-state index in [9.17, 15) is 0 Å². The van der Waals surface area contributed by atoms with Crippen molar-refractivity contribution in [3.8, 4) is 0 Å². The molecule has 0 N–H and O–H groups in total. The predicted molar refractivity (Wildman–Crippen MR) is 59.3 cm³/mol. The summed E-state index contributed by atoms with van der Waals surface area (Å²) in [5, 5.41) is 0. The molecule has 1 aliphatic rings. The summed E-state index contributed by atoms with van der Waals surface area (Å²) in [7, 11) is 0. The van der Waals surface area contributed by atoms with Crippen molar-refractivity contribution in [3.63, 3.8) is 0 Å². The van der Waals surface area contributed by atoms with Gasteiger partial charge in [-0.15, -0.1) is 0 Å². The van der Waals surface area contributed by atoms with E-state index < -0.39 is 0 Å². The zero-order chi connectivity index (χ0) is 10.1. The number of rotatable bonds is 2. The highest BCUT2D eigenvalue weighted by Crippen LogP contribution is 2.25. The van der Waals surface area contributed by atoms with E-state index in [-0.39, 0.29) is 0 Å². The van der Waals surface area contributed by atoms with Crippen molar-refractivity contribution >= 4 is 11.5 Å². The van der Waals surface area contributed by atoms with Crippen LogP contribution in [0, 0.1) is 5.92 Å². The Morgan fingerprint density at radius 2 is 2.21 bits per heavy atom. The van der Waals surface area contributed by atoms with Crippen LogP contribution in [0.15, 0.2) is 17.3 Å². The minimum absolute atomic E-state index is 0.693. The van der Waals surface area contributed by atoms with E-state index in [4.69, 9.17) is 0 Å². The Morgan fingerprint density at radius 3 is 2.93 bits per heavy atom. The lowest BCUT2D eigenvalue weighted by Gasteiger charge is -2.05. The van der Waals surface area contributed by atoms with Crippen LogP contribution in [-0.4, -0.2) is 10.7 Å². The molecule has 1 aromatic heterocycles. The van der Waals surface area contributed by atoms with Crippen molar-refractivity contribution in [1.82, 2.24) is 4.98 Å². The van der Waals surface area contributed by atoms with Gasteiger partial charge in [0.25, 0.3) is 0 Å². The monoisotopic (exact) mass is 188 g/mol. The highest BCUT2D eigenvalue weighted by atomic mass is 14.9. The standard InChI is InChI=1S/C12H16N2/c1-8(2)4-10-6-11-5-9(3)14-12(11)13-7-10/h6-8H,4-5H2,1-3H3. The number of pyridine rings is 1. The second-order valence-electron chi connectivity index (χ2n) is 4.45. The van der Waals surface area contributed by atoms with Crippen LogP contribution in [0.2, 0.25) is 0 Å². The topological polar surface area (TPSA) is 25.2 Å². The molecule has 74 valence electrons. The Morgan fingerprint density at radius 1 is 1.43 bits per heavy atom. The van der Waals surface area contributed by atoms with Gasteiger partial charge >= 0.3 is 0 Å². The van der Waals surface area contributed by atoms with Crippen molar-refractivity contribution in [2.24, 2.45) is 10.9 Å². The number of aromatic nitrogens is 1. The van der Waals surface area contributed by atoms with Crippen molar-refractivity contribution in [1.29, 1.82) is 0 Å². The molecular weight excluding hydrogens is 172 g/mol. The molecule has 1 aromatic rings. The fourth-order valence-electron chi connectivity index (χ4n) is 1.86. The minimum Gasteiger partial charge on any atom is -0.238 e. The third-order valence-electron chi connectivity index (χ3n) is 2.39. The first-order valence-electron chi connectivity index (χ1n) is 5.17. The molecule has 0 aliphatic carbocycles. The normalized spacial score (nSPS) is 14.4. The van der Waals surface area contributed by atoms with Crippen molar-refractivity contribution in [3.05, 3.63) is 23.4 Å². The predicted octanol–water partition coefficient (Wildman–Crippen LogP) is 2.93. The van der Waals surface area contributed by atoms with Crippen molar-refractivity contribution < 1.29 is 0 Å². The minimum atomic E-state index is 0.693. The number of hydrogen-bond acceptors (Lipinski definition) is 2. The zero-order valence-electron chi connectivity index (χ0n) is 9.04. The van der Waals surface area contributed by atoms with Crippen LogP contribution < -0.4 is 0 Å². The molecule has 0 bridgehead atoms. The van der Waals surface area contributed by atoms with Gasteiger partial charge in [-0.2, -0.15) is 0 Å². The van der Waals surface area contributed by atoms with E-state index in [1.807, 2.05) is 6.20 Å². The summed E-state index contributed by atoms with van der Waals surface area (Å²) in [5.74, 6) is 1.62. The fourth-order valence-corrected chi connectivity index (χ4v) is 1.86. The second kappa shape index (κ2) is 3.52. The lowest BCUT2D eigenvalue weighted by atomic mass is 10.0. The summed E-state index contributed by atoms with van der Waals surface area (Å²) in [6.07, 6.45) is 4.05. The molecule has 0 radical (unpaired) electrons. The Kier molecular flexibility index (Phi) is 2.36. The summed E-state index contributed by atoms with van der Waals surface area (Å²) in [6.45, 7) is 6.52. The van der Waals surface area contributed by atoms with Gasteiger partial charge in [-0.25, -0.2) is 9.98 Å². The first-order chi connectivity index (χ1) is 6.65. The van der Waals surface area contributed by atoms with Crippen molar-refractivity contribution in [2.45, 2.75) is 33.6 Å². The van der Waals surface area contributed by atoms with Gasteiger partial charge in [0, 0.05) is 23.9 Å². The van der Waals surface area contributed by atoms with E-state index in [0.717, 1.165) is 18.7 Å². The molecule has 2 nitrogen and oxygen atoms in total. The number of hydrogen-bond donors (Lipinski definition) is 0. The molecule has 1 aliphatic heterocycles. The van der Waals surface area contributed by atoms with Crippen LogP contribution in [0.4, 0.5) is 5.82 Å². The van der Waals surface area contributed by atoms with Crippen molar-refractivity contribution in [2.75, 3.05) is 0 Å². The molecule has 0 aromatic carbocycles. The smallest absolute Gasteiger partial charge is 0.155 e. The summed E-state index contributed by atoms with van der Waals surface area (Å²) in [4.78, 5) is 8.75. The molecule has 0 unspecified atom stereocenters. The Balaban J connectivity index is 2.24. The van der Waals surface area contributed by atoms with Gasteiger partial charge in [0.1, 0.15) is 0 Å². The maximum absolute atomic E-state index is 4.38. The summed E-state index contributed by atoms with van der Waals surface area (Å²) in [6, 6.07) is 2.25. The number of nitrogens with zero attached hydrogens (tertiary/aromatic N) is 2. The van der Waals surface area contributed by atoms with Crippen LogP contribution in [0.25, 0.3) is 0 Å². The molecule has 2 heterocycles. The van der Waals surface area contributed by atoms with Gasteiger partial charge in [-0.1, -0.05) is 19.9 Å². The first-order valence-corrected chi connectivity index (χ1v) is 5.17. The average Bonchev–Trinajstić information content (AvgIpc) is 2.42. The molecule has 0 saturated carbocycles. The maximum Gasteiger partial charge on any atom is 0.155 e. The number of fused-ring (bicyclic) bond motifs is 1. The molecule has 2 rings (SSSR count). The van der Waals surface area contributed by atoms with Crippen LogP contribution in [0.5, 0.6) is 0 Å². The highest BCUT2D eigenvalue weighted by Gasteiger charge is 2.13. The first kappa shape index (κ1) is 9.38. The molecule has 0 atom stereocenters. The van der Waals surface area contributed by atoms with E-state index in [0.29, 0.717) is 5.92 Å². The molecule has 2 heteroatoms. The van der Waals surface area contributed by atoms with Crippen LogP contribution in [0.1, 0.15) is 31.9 Å². The zero-order valence-corrected chi connectivity index (χ0v) is 9.04. The Bertz CT molecular complexity index is 378. The maximum atomic E-state index is 4.38. The summed E-state index contributed by atoms with van der Waals surface area (Å²) in [5.41, 5.74) is 3.80. The Labute approximate surface area is 85.1 Å². The van der Waals surface area contributed by atoms with Gasteiger partial charge < -0.3 is 0 Å². The van der Waals surface area contributed by atoms with Gasteiger partial charge in [0.05, 0.1) is 0 Å². The van der Waals surface area contributed by atoms with Gasteiger partial charge in [-0.05, 0) is 24.8 Å². The Hall–Kier alpha value is -1.18. The molecule has 14 heavy (non-hydrogen) atoms. The molecule has 0 spiro atoms. The van der Waals surface area contributed by atoms with Gasteiger partial charge in [-0.3, -0.25) is 0 Å². The van der Waals surface area contributed by atoms with E-state index in [1.165, 1.54) is 16.8 Å². The second-order valence-corrected chi connectivity index (χ2v) is 4.45. The largest absolute Gasteiger partial charge is 0.238 e. The summed E-state index contributed by atoms with van der Waals surface area (Å²) < 4.78 is 0. The highest BCUT2D eigenvalue weighted by molar-refractivity contribution is 5.91. The molecule has 0 amide bonds. The molecular formula is C12H16N2. The average molecular weight is 188 g/mol. The van der Waals surface area contributed by atoms with Gasteiger partial charge in [0.2, 0.25) is 0 Å². The SMILES string of the molecule is CC1=Nc2ncc(CC(C)C)cc2C1.